The Labute approximate surface area is 350 Å². The van der Waals surface area contributed by atoms with Crippen LogP contribution >= 0.6 is 21.6 Å². The molecule has 0 bridgehead atoms. The van der Waals surface area contributed by atoms with Crippen molar-refractivity contribution in [3.05, 3.63) is 132 Å². The van der Waals surface area contributed by atoms with Gasteiger partial charge in [-0.3, -0.25) is 9.59 Å². The lowest BCUT2D eigenvalue weighted by molar-refractivity contribution is -0.00595. The lowest BCUT2D eigenvalue weighted by atomic mass is 9.96. The van der Waals surface area contributed by atoms with Gasteiger partial charge >= 0.3 is 0 Å². The van der Waals surface area contributed by atoms with Gasteiger partial charge in [0.1, 0.15) is 0 Å². The van der Waals surface area contributed by atoms with Gasteiger partial charge in [0.05, 0.1) is 44.6 Å². The largest absolute Gasteiger partial charge is 0.379 e. The van der Waals surface area contributed by atoms with Crippen molar-refractivity contribution >= 4 is 53.4 Å². The molecule has 2 amide bonds. The number of rotatable bonds is 13. The van der Waals surface area contributed by atoms with E-state index in [9.17, 15) is 26.4 Å². The molecule has 2 saturated heterocycles. The van der Waals surface area contributed by atoms with Crippen LogP contribution in [0.1, 0.15) is 34.6 Å². The summed E-state index contributed by atoms with van der Waals surface area (Å²) < 4.78 is 72.2. The first-order valence-corrected chi connectivity index (χ1v) is 24.1. The number of carbonyl (C=O) groups excluding carboxylic acids is 2. The summed E-state index contributed by atoms with van der Waals surface area (Å²) in [6, 6.07) is 31.4. The summed E-state index contributed by atoms with van der Waals surface area (Å²) in [5, 5.41) is -0.973. The van der Waals surface area contributed by atoms with Crippen LogP contribution in [-0.2, 0) is 29.5 Å². The molecular formula is C42H50N4O8S4. The third-order valence-electron chi connectivity index (χ3n) is 11.2. The number of likely N-dealkylation sites (N-methyl/N-ethyl adjacent to an activating group) is 2. The average molecular weight is 867 g/mol. The SMILES string of the molecule is CO[C@H]1[C@@H](SS[C@@H]2[C@H](OC)[C@H](C)N(S(=O)(=O)c3ccccc3)C[C@@H]2N(C)C(=O)c2ccccc2)[C@@H](N(C)C(=O)c2ccccc2)CN(S(=O)(=O)c2ccccc2)[C@H]1C. The first-order chi connectivity index (χ1) is 27.7. The Morgan fingerprint density at radius 3 is 1.14 bits per heavy atom. The zero-order valence-electron chi connectivity index (χ0n) is 33.3. The van der Waals surface area contributed by atoms with E-state index in [1.807, 2.05) is 26.0 Å². The van der Waals surface area contributed by atoms with Crippen LogP contribution in [0, 0.1) is 0 Å². The van der Waals surface area contributed by atoms with Crippen molar-refractivity contribution in [1.29, 1.82) is 0 Å². The van der Waals surface area contributed by atoms with E-state index in [0.29, 0.717) is 11.1 Å². The van der Waals surface area contributed by atoms with Gasteiger partial charge in [0.15, 0.2) is 0 Å². The molecule has 2 aliphatic heterocycles. The Bertz CT molecular complexity index is 2070. The quantitative estimate of drug-likeness (QED) is 0.157. The molecule has 16 heteroatoms. The predicted molar refractivity (Wildman–Crippen MR) is 229 cm³/mol. The number of sulfonamides is 2. The van der Waals surface area contributed by atoms with Crippen molar-refractivity contribution in [2.75, 3.05) is 41.4 Å². The standard InChI is InChI=1S/C42H50N4O8S4/c1-29-37(53-5)39(35(43(3)41(47)31-19-11-7-12-20-31)27-45(29)57(49,50)33-23-15-9-16-24-33)55-56-40-36(44(4)42(48)32-21-13-8-14-22-32)28-46(30(2)38(40)54-6)58(51,52)34-25-17-10-18-26-34/h7-26,29-30,35-40H,27-28H2,1-6H3/t29-,30-,35-,36-,37+,38+,39-,40-/m0/s1. The Hall–Kier alpha value is -3.74. The van der Waals surface area contributed by atoms with Crippen LogP contribution in [0.5, 0.6) is 0 Å². The zero-order chi connectivity index (χ0) is 41.8. The molecule has 2 aliphatic rings. The summed E-state index contributed by atoms with van der Waals surface area (Å²) in [5.41, 5.74) is 0.903. The summed E-state index contributed by atoms with van der Waals surface area (Å²) >= 11 is 0. The highest BCUT2D eigenvalue weighted by atomic mass is 33.1. The second-order valence-corrected chi connectivity index (χ2v) is 20.9. The monoisotopic (exact) mass is 866 g/mol. The molecule has 4 aromatic carbocycles. The highest BCUT2D eigenvalue weighted by molar-refractivity contribution is 8.77. The minimum atomic E-state index is -4.02. The first kappa shape index (κ1) is 43.8. The van der Waals surface area contributed by atoms with Gasteiger partial charge in [-0.25, -0.2) is 16.8 Å². The van der Waals surface area contributed by atoms with Crippen molar-refractivity contribution < 1.29 is 35.9 Å². The summed E-state index contributed by atoms with van der Waals surface area (Å²) in [6.07, 6.45) is -1.39. The summed E-state index contributed by atoms with van der Waals surface area (Å²) in [4.78, 5) is 31.7. The van der Waals surface area contributed by atoms with E-state index in [2.05, 4.69) is 0 Å². The van der Waals surface area contributed by atoms with E-state index in [4.69, 9.17) is 9.47 Å². The number of nitrogens with zero attached hydrogens (tertiary/aromatic N) is 4. The van der Waals surface area contributed by atoms with E-state index in [0.717, 1.165) is 0 Å². The minimum absolute atomic E-state index is 0.0146. The van der Waals surface area contributed by atoms with E-state index in [1.54, 1.807) is 133 Å². The number of hydrogen-bond acceptors (Lipinski definition) is 10. The molecule has 0 unspecified atom stereocenters. The summed E-state index contributed by atoms with van der Waals surface area (Å²) in [7, 11) is 1.28. The van der Waals surface area contributed by atoms with Crippen molar-refractivity contribution in [3.8, 4) is 0 Å². The van der Waals surface area contributed by atoms with Crippen LogP contribution in [-0.4, -0.2) is 135 Å². The normalized spacial score (nSPS) is 25.8. The van der Waals surface area contributed by atoms with Gasteiger partial charge in [-0.05, 0) is 62.4 Å². The topological polar surface area (TPSA) is 134 Å². The van der Waals surface area contributed by atoms with Crippen molar-refractivity contribution in [3.63, 3.8) is 0 Å². The Kier molecular flexibility index (Phi) is 14.1. The minimum Gasteiger partial charge on any atom is -0.379 e. The maximum atomic E-state index is 14.3. The van der Waals surface area contributed by atoms with Crippen LogP contribution in [0.3, 0.4) is 0 Å². The molecule has 0 aromatic heterocycles. The molecule has 0 radical (unpaired) electrons. The second-order valence-electron chi connectivity index (χ2n) is 14.5. The number of ether oxygens (including phenoxy) is 2. The molecule has 8 atom stereocenters. The molecule has 0 saturated carbocycles. The number of amides is 2. The number of benzene rings is 4. The van der Waals surface area contributed by atoms with Gasteiger partial charge in [0.2, 0.25) is 20.0 Å². The number of carbonyl (C=O) groups is 2. The molecule has 12 nitrogen and oxygen atoms in total. The van der Waals surface area contributed by atoms with Gasteiger partial charge in [0, 0.05) is 64.6 Å². The first-order valence-electron chi connectivity index (χ1n) is 18.9. The van der Waals surface area contributed by atoms with Crippen LogP contribution in [0.15, 0.2) is 131 Å². The molecule has 58 heavy (non-hydrogen) atoms. The molecular weight excluding hydrogens is 817 g/mol. The fourth-order valence-electron chi connectivity index (χ4n) is 7.90. The van der Waals surface area contributed by atoms with E-state index in [1.165, 1.54) is 44.4 Å². The Morgan fingerprint density at radius 2 is 0.845 bits per heavy atom. The van der Waals surface area contributed by atoms with Crippen LogP contribution in [0.4, 0.5) is 0 Å². The highest BCUT2D eigenvalue weighted by Gasteiger charge is 2.53. The van der Waals surface area contributed by atoms with Crippen molar-refractivity contribution in [2.24, 2.45) is 0 Å². The second kappa shape index (κ2) is 18.7. The van der Waals surface area contributed by atoms with E-state index < -0.39 is 66.9 Å². The molecule has 310 valence electrons. The predicted octanol–water partition coefficient (Wildman–Crippen LogP) is 5.60. The average Bonchev–Trinajstić information content (AvgIpc) is 3.25. The summed E-state index contributed by atoms with van der Waals surface area (Å²) in [6.45, 7) is 3.59. The summed E-state index contributed by atoms with van der Waals surface area (Å²) in [5.74, 6) is -0.562. The maximum Gasteiger partial charge on any atom is 0.253 e. The van der Waals surface area contributed by atoms with Crippen molar-refractivity contribution in [1.82, 2.24) is 18.4 Å². The van der Waals surface area contributed by atoms with Crippen LogP contribution < -0.4 is 0 Å². The fraction of sp³-hybridized carbons (Fsp3) is 0.381. The van der Waals surface area contributed by atoms with Gasteiger partial charge in [-0.15, -0.1) is 0 Å². The number of methoxy groups -OCH3 is 2. The molecule has 0 aliphatic carbocycles. The van der Waals surface area contributed by atoms with Crippen molar-refractivity contribution in [2.45, 2.75) is 70.5 Å². The number of hydrogen-bond donors (Lipinski definition) is 0. The molecule has 0 spiro atoms. The van der Waals surface area contributed by atoms with Gasteiger partial charge in [-0.1, -0.05) is 94.4 Å². The van der Waals surface area contributed by atoms with E-state index in [-0.39, 0.29) is 34.7 Å². The van der Waals surface area contributed by atoms with Crippen LogP contribution in [0.2, 0.25) is 0 Å². The Morgan fingerprint density at radius 1 is 0.552 bits per heavy atom. The highest BCUT2D eigenvalue weighted by Crippen LogP contribution is 2.46. The molecule has 2 fully saturated rings. The van der Waals surface area contributed by atoms with Crippen LogP contribution in [0.25, 0.3) is 0 Å². The van der Waals surface area contributed by atoms with Gasteiger partial charge in [0.25, 0.3) is 11.8 Å². The lowest BCUT2D eigenvalue weighted by Crippen LogP contribution is -2.66. The lowest BCUT2D eigenvalue weighted by Gasteiger charge is -2.51. The van der Waals surface area contributed by atoms with E-state index >= 15 is 0 Å². The third kappa shape index (κ3) is 8.75. The fourth-order valence-corrected chi connectivity index (χ4v) is 15.4. The van der Waals surface area contributed by atoms with Gasteiger partial charge in [-0.2, -0.15) is 8.61 Å². The van der Waals surface area contributed by atoms with Gasteiger partial charge < -0.3 is 19.3 Å². The number of piperidine rings is 2. The Balaban J connectivity index is 1.39. The molecule has 2 heterocycles. The third-order valence-corrected chi connectivity index (χ3v) is 18.5. The molecule has 6 rings (SSSR count). The molecule has 4 aromatic rings. The molecule has 0 N–H and O–H groups in total. The maximum absolute atomic E-state index is 14.3. The zero-order valence-corrected chi connectivity index (χ0v) is 36.5. The smallest absolute Gasteiger partial charge is 0.253 e.